The first-order valence-corrected chi connectivity index (χ1v) is 13.1. The van der Waals surface area contributed by atoms with Gasteiger partial charge in [0.15, 0.2) is 0 Å². The molecule has 3 aromatic carbocycles. The van der Waals surface area contributed by atoms with Crippen molar-refractivity contribution in [3.8, 4) is 6.07 Å². The second-order valence-electron chi connectivity index (χ2n) is 8.15. The summed E-state index contributed by atoms with van der Waals surface area (Å²) in [5.41, 5.74) is 0.854. The largest absolute Gasteiger partial charge is 0.460 e. The van der Waals surface area contributed by atoms with E-state index in [4.69, 9.17) is 16.0 Å². The fourth-order valence-electron chi connectivity index (χ4n) is 3.52. The number of furan rings is 1. The number of benzene rings is 3. The average Bonchev–Trinajstić information content (AvgIpc) is 3.36. The number of carbonyl (C=O) groups excluding carboxylic acids is 1. The Labute approximate surface area is 224 Å². The zero-order chi connectivity index (χ0) is 27.1. The van der Waals surface area contributed by atoms with Gasteiger partial charge in [0.05, 0.1) is 11.4 Å². The van der Waals surface area contributed by atoms with Crippen LogP contribution in [0.4, 0.5) is 10.1 Å². The molecule has 0 atom stereocenters. The maximum atomic E-state index is 13.5. The van der Waals surface area contributed by atoms with Gasteiger partial charge in [-0.3, -0.25) is 4.79 Å². The fourth-order valence-corrected chi connectivity index (χ4v) is 5.04. The topological polar surface area (TPSA) is 103 Å². The van der Waals surface area contributed by atoms with Gasteiger partial charge in [-0.2, -0.15) is 9.57 Å². The standard InChI is InChI=1S/C28H21ClFN3O4S/c29-22-6-14-27(15-7-22)38(35,36)33(18-20-4-2-1-3-5-20)19-26-13-12-25(37-26)16-21(17-31)28(34)32-24-10-8-23(30)9-11-24/h1-16H,18-19H2,(H,32,34). The van der Waals surface area contributed by atoms with Gasteiger partial charge in [0.2, 0.25) is 10.0 Å². The van der Waals surface area contributed by atoms with Crippen molar-refractivity contribution in [3.63, 3.8) is 0 Å². The van der Waals surface area contributed by atoms with Crippen LogP contribution >= 0.6 is 11.6 Å². The summed E-state index contributed by atoms with van der Waals surface area (Å²) in [6, 6.07) is 25.0. The van der Waals surface area contributed by atoms with Crippen molar-refractivity contribution in [1.29, 1.82) is 5.26 Å². The number of nitrogens with zero attached hydrogens (tertiary/aromatic N) is 2. The number of hydrogen-bond donors (Lipinski definition) is 1. The first-order valence-electron chi connectivity index (χ1n) is 11.3. The molecule has 0 aliphatic carbocycles. The molecule has 1 amide bonds. The van der Waals surface area contributed by atoms with E-state index >= 15 is 0 Å². The van der Waals surface area contributed by atoms with Crippen LogP contribution in [0.2, 0.25) is 5.02 Å². The SMILES string of the molecule is N#CC(=Cc1ccc(CN(Cc2ccccc2)S(=O)(=O)c2ccc(Cl)cc2)o1)C(=O)Nc1ccc(F)cc1. The maximum absolute atomic E-state index is 13.5. The molecule has 1 heterocycles. The first kappa shape index (κ1) is 26.8. The summed E-state index contributed by atoms with van der Waals surface area (Å²) < 4.78 is 47.1. The fraction of sp³-hybridized carbons (Fsp3) is 0.0714. The second-order valence-corrected chi connectivity index (χ2v) is 10.5. The van der Waals surface area contributed by atoms with Crippen LogP contribution < -0.4 is 5.32 Å². The highest BCUT2D eigenvalue weighted by Crippen LogP contribution is 2.24. The summed E-state index contributed by atoms with van der Waals surface area (Å²) in [6.45, 7) is -0.0153. The van der Waals surface area contributed by atoms with Gasteiger partial charge in [0, 0.05) is 23.3 Å². The van der Waals surface area contributed by atoms with Crippen molar-refractivity contribution in [2.75, 3.05) is 5.32 Å². The number of nitrogens with one attached hydrogen (secondary N) is 1. The summed E-state index contributed by atoms with van der Waals surface area (Å²) in [4.78, 5) is 12.6. The monoisotopic (exact) mass is 549 g/mol. The van der Waals surface area contributed by atoms with Crippen LogP contribution in [-0.2, 0) is 27.9 Å². The predicted molar refractivity (Wildman–Crippen MR) is 142 cm³/mol. The van der Waals surface area contributed by atoms with Crippen molar-refractivity contribution in [1.82, 2.24) is 4.31 Å². The lowest BCUT2D eigenvalue weighted by Crippen LogP contribution is -2.30. The molecule has 1 aromatic heterocycles. The van der Waals surface area contributed by atoms with Gasteiger partial charge in [0.1, 0.15) is 29.0 Å². The lowest BCUT2D eigenvalue weighted by atomic mass is 10.2. The van der Waals surface area contributed by atoms with Crippen LogP contribution in [0, 0.1) is 17.1 Å². The van der Waals surface area contributed by atoms with Crippen LogP contribution in [-0.4, -0.2) is 18.6 Å². The van der Waals surface area contributed by atoms with E-state index in [1.54, 1.807) is 6.07 Å². The molecule has 0 saturated heterocycles. The molecule has 0 spiro atoms. The Morgan fingerprint density at radius 3 is 2.32 bits per heavy atom. The highest BCUT2D eigenvalue weighted by atomic mass is 35.5. The molecule has 0 radical (unpaired) electrons. The Kier molecular flexibility index (Phi) is 8.38. The summed E-state index contributed by atoms with van der Waals surface area (Å²) >= 11 is 5.94. The van der Waals surface area contributed by atoms with Gasteiger partial charge >= 0.3 is 0 Å². The zero-order valence-corrected chi connectivity index (χ0v) is 21.4. The molecule has 0 saturated carbocycles. The highest BCUT2D eigenvalue weighted by Gasteiger charge is 2.26. The smallest absolute Gasteiger partial charge is 0.266 e. The number of sulfonamides is 1. The minimum Gasteiger partial charge on any atom is -0.460 e. The van der Waals surface area contributed by atoms with E-state index in [1.807, 2.05) is 36.4 Å². The van der Waals surface area contributed by atoms with Crippen LogP contribution in [0.1, 0.15) is 17.1 Å². The number of rotatable bonds is 9. The van der Waals surface area contributed by atoms with E-state index in [0.717, 1.165) is 5.56 Å². The van der Waals surface area contributed by atoms with Gasteiger partial charge in [-0.1, -0.05) is 41.9 Å². The van der Waals surface area contributed by atoms with Gasteiger partial charge in [0.25, 0.3) is 5.91 Å². The third-order valence-electron chi connectivity index (χ3n) is 5.42. The molecule has 1 N–H and O–H groups in total. The van der Waals surface area contributed by atoms with E-state index in [9.17, 15) is 22.9 Å². The quantitative estimate of drug-likeness (QED) is 0.203. The van der Waals surface area contributed by atoms with Crippen molar-refractivity contribution in [3.05, 3.63) is 124 Å². The van der Waals surface area contributed by atoms with E-state index in [1.165, 1.54) is 65.0 Å². The number of halogens is 2. The summed E-state index contributed by atoms with van der Waals surface area (Å²) in [5.74, 6) is -0.662. The zero-order valence-electron chi connectivity index (χ0n) is 19.8. The van der Waals surface area contributed by atoms with Crippen molar-refractivity contribution >= 4 is 39.3 Å². The summed E-state index contributed by atoms with van der Waals surface area (Å²) in [5, 5.41) is 12.4. The van der Waals surface area contributed by atoms with Crippen LogP contribution in [0.5, 0.6) is 0 Å². The van der Waals surface area contributed by atoms with Gasteiger partial charge < -0.3 is 9.73 Å². The molecular weight excluding hydrogens is 529 g/mol. The molecule has 0 fully saturated rings. The minimum absolute atomic E-state index is 0.0775. The predicted octanol–water partition coefficient (Wildman–Crippen LogP) is 6.01. The van der Waals surface area contributed by atoms with Gasteiger partial charge in [-0.05, 0) is 66.2 Å². The second kappa shape index (κ2) is 11.9. The summed E-state index contributed by atoms with van der Waals surface area (Å²) in [7, 11) is -3.93. The van der Waals surface area contributed by atoms with Gasteiger partial charge in [-0.15, -0.1) is 0 Å². The number of anilines is 1. The highest BCUT2D eigenvalue weighted by molar-refractivity contribution is 7.89. The molecular formula is C28H21ClFN3O4S. The van der Waals surface area contributed by atoms with Crippen LogP contribution in [0.15, 0.2) is 106 Å². The van der Waals surface area contributed by atoms with Crippen molar-refractivity contribution < 1.29 is 22.0 Å². The molecule has 38 heavy (non-hydrogen) atoms. The maximum Gasteiger partial charge on any atom is 0.266 e. The Morgan fingerprint density at radius 2 is 1.66 bits per heavy atom. The Hall–Kier alpha value is -4.23. The molecule has 10 heteroatoms. The number of nitriles is 1. The molecule has 0 aliphatic heterocycles. The van der Waals surface area contributed by atoms with Crippen LogP contribution in [0.25, 0.3) is 6.08 Å². The summed E-state index contributed by atoms with van der Waals surface area (Å²) in [6.07, 6.45) is 1.25. The Morgan fingerprint density at radius 1 is 0.974 bits per heavy atom. The van der Waals surface area contributed by atoms with Crippen molar-refractivity contribution in [2.45, 2.75) is 18.0 Å². The van der Waals surface area contributed by atoms with Gasteiger partial charge in [-0.25, -0.2) is 12.8 Å². The lowest BCUT2D eigenvalue weighted by molar-refractivity contribution is -0.112. The van der Waals surface area contributed by atoms with E-state index < -0.39 is 21.7 Å². The molecule has 0 bridgehead atoms. The lowest BCUT2D eigenvalue weighted by Gasteiger charge is -2.21. The molecule has 7 nitrogen and oxygen atoms in total. The molecule has 4 rings (SSSR count). The van der Waals surface area contributed by atoms with Crippen molar-refractivity contribution in [2.24, 2.45) is 0 Å². The minimum atomic E-state index is -3.93. The number of carbonyl (C=O) groups is 1. The Balaban J connectivity index is 1.56. The third-order valence-corrected chi connectivity index (χ3v) is 7.48. The number of amides is 1. The molecule has 0 unspecified atom stereocenters. The van der Waals surface area contributed by atoms with Crippen LogP contribution in [0.3, 0.4) is 0 Å². The third kappa shape index (κ3) is 6.75. The van der Waals surface area contributed by atoms with E-state index in [2.05, 4.69) is 5.32 Å². The Bertz CT molecular complexity index is 1590. The normalized spacial score (nSPS) is 11.8. The first-order chi connectivity index (χ1) is 18.2. The average molecular weight is 550 g/mol. The molecule has 192 valence electrons. The van der Waals surface area contributed by atoms with E-state index in [0.29, 0.717) is 16.5 Å². The molecule has 0 aliphatic rings. The molecule has 4 aromatic rings. The number of hydrogen-bond acceptors (Lipinski definition) is 5. The van der Waals surface area contributed by atoms with E-state index in [-0.39, 0.29) is 29.3 Å².